The molecular weight excluding hydrogens is 240 g/mol. The van der Waals surface area contributed by atoms with Crippen LogP contribution in [-0.2, 0) is 11.2 Å². The van der Waals surface area contributed by atoms with Gasteiger partial charge in [0.25, 0.3) is 0 Å². The first-order valence-corrected chi connectivity index (χ1v) is 7.07. The minimum absolute atomic E-state index is 0.130. The average Bonchev–Trinajstić information content (AvgIpc) is 2.87. The molecule has 0 bridgehead atoms. The first-order valence-electron chi connectivity index (χ1n) is 7.07. The summed E-state index contributed by atoms with van der Waals surface area (Å²) in [5.41, 5.74) is 2.09. The van der Waals surface area contributed by atoms with Crippen LogP contribution in [0.25, 0.3) is 0 Å². The maximum atomic E-state index is 12.0. The van der Waals surface area contributed by atoms with E-state index in [0.29, 0.717) is 12.3 Å². The van der Waals surface area contributed by atoms with E-state index in [2.05, 4.69) is 10.6 Å². The number of hydrogen-bond donors (Lipinski definition) is 2. The Bertz CT molecular complexity index is 467. The number of ether oxygens (including phenoxy) is 1. The van der Waals surface area contributed by atoms with Crippen LogP contribution in [0.3, 0.4) is 0 Å². The molecule has 2 N–H and O–H groups in total. The summed E-state index contributed by atoms with van der Waals surface area (Å²) in [6.45, 7) is 2.82. The Balaban J connectivity index is 1.56. The molecule has 19 heavy (non-hydrogen) atoms. The summed E-state index contributed by atoms with van der Waals surface area (Å²) in [5, 5.41) is 6.32. The molecule has 0 aromatic heterocycles. The molecule has 0 saturated carbocycles. The summed E-state index contributed by atoms with van der Waals surface area (Å²) < 4.78 is 5.46. The van der Waals surface area contributed by atoms with E-state index in [1.807, 2.05) is 18.2 Å². The van der Waals surface area contributed by atoms with E-state index in [9.17, 15) is 4.79 Å². The molecule has 0 aliphatic carbocycles. The molecule has 0 spiro atoms. The van der Waals surface area contributed by atoms with Crippen molar-refractivity contribution in [3.63, 3.8) is 0 Å². The lowest BCUT2D eigenvalue weighted by molar-refractivity contribution is -0.117. The first-order chi connectivity index (χ1) is 9.31. The van der Waals surface area contributed by atoms with Gasteiger partial charge in [-0.2, -0.15) is 0 Å². The van der Waals surface area contributed by atoms with Crippen LogP contribution in [0.4, 0.5) is 5.69 Å². The molecule has 0 radical (unpaired) electrons. The van der Waals surface area contributed by atoms with E-state index in [4.69, 9.17) is 4.74 Å². The van der Waals surface area contributed by atoms with Gasteiger partial charge < -0.3 is 15.4 Å². The van der Waals surface area contributed by atoms with Gasteiger partial charge in [0, 0.05) is 18.5 Å². The van der Waals surface area contributed by atoms with Gasteiger partial charge in [0.15, 0.2) is 0 Å². The van der Waals surface area contributed by atoms with Crippen LogP contribution in [0, 0.1) is 5.92 Å². The monoisotopic (exact) mass is 260 g/mol. The summed E-state index contributed by atoms with van der Waals surface area (Å²) in [6.07, 6.45) is 3.78. The van der Waals surface area contributed by atoms with Gasteiger partial charge in [-0.25, -0.2) is 0 Å². The quantitative estimate of drug-likeness (QED) is 0.873. The second-order valence-electron chi connectivity index (χ2n) is 5.37. The molecule has 4 nitrogen and oxygen atoms in total. The van der Waals surface area contributed by atoms with Crippen molar-refractivity contribution in [1.82, 2.24) is 5.32 Å². The highest BCUT2D eigenvalue weighted by Gasteiger charge is 2.17. The number of piperidine rings is 1. The fourth-order valence-electron chi connectivity index (χ4n) is 2.82. The summed E-state index contributed by atoms with van der Waals surface area (Å²) in [7, 11) is 0. The molecule has 1 saturated heterocycles. The third-order valence-corrected chi connectivity index (χ3v) is 3.91. The lowest BCUT2D eigenvalue weighted by Crippen LogP contribution is -2.30. The van der Waals surface area contributed by atoms with Gasteiger partial charge in [-0.3, -0.25) is 4.79 Å². The molecule has 1 aromatic carbocycles. The van der Waals surface area contributed by atoms with Crippen molar-refractivity contribution < 1.29 is 9.53 Å². The number of fused-ring (bicyclic) bond motifs is 1. The van der Waals surface area contributed by atoms with Crippen molar-refractivity contribution >= 4 is 11.6 Å². The molecule has 102 valence electrons. The van der Waals surface area contributed by atoms with Gasteiger partial charge in [-0.1, -0.05) is 0 Å². The van der Waals surface area contributed by atoms with Crippen LogP contribution in [0.15, 0.2) is 18.2 Å². The molecule has 2 aliphatic heterocycles. The Morgan fingerprint density at radius 2 is 2.21 bits per heavy atom. The summed E-state index contributed by atoms with van der Waals surface area (Å²) in [5.74, 6) is 1.61. The number of rotatable bonds is 3. The lowest BCUT2D eigenvalue weighted by Gasteiger charge is -2.21. The van der Waals surface area contributed by atoms with Gasteiger partial charge in [0.2, 0.25) is 5.91 Å². The highest BCUT2D eigenvalue weighted by molar-refractivity contribution is 5.91. The van der Waals surface area contributed by atoms with E-state index in [-0.39, 0.29) is 5.91 Å². The van der Waals surface area contributed by atoms with E-state index in [1.165, 1.54) is 5.56 Å². The van der Waals surface area contributed by atoms with Crippen molar-refractivity contribution in [2.24, 2.45) is 5.92 Å². The van der Waals surface area contributed by atoms with Gasteiger partial charge in [-0.05, 0) is 55.6 Å². The average molecular weight is 260 g/mol. The topological polar surface area (TPSA) is 50.4 Å². The maximum Gasteiger partial charge on any atom is 0.224 e. The molecule has 3 rings (SSSR count). The number of carbonyl (C=O) groups is 1. The predicted molar refractivity (Wildman–Crippen MR) is 74.5 cm³/mol. The minimum Gasteiger partial charge on any atom is -0.493 e. The highest BCUT2D eigenvalue weighted by atomic mass is 16.5. The van der Waals surface area contributed by atoms with Gasteiger partial charge in [0.05, 0.1) is 6.61 Å². The van der Waals surface area contributed by atoms with Crippen LogP contribution < -0.4 is 15.4 Å². The number of nitrogens with one attached hydrogen (secondary N) is 2. The van der Waals surface area contributed by atoms with Crippen LogP contribution in [0.2, 0.25) is 0 Å². The summed E-state index contributed by atoms with van der Waals surface area (Å²) >= 11 is 0. The Morgan fingerprint density at radius 1 is 1.37 bits per heavy atom. The largest absolute Gasteiger partial charge is 0.493 e. The zero-order valence-electron chi connectivity index (χ0n) is 11.1. The second kappa shape index (κ2) is 5.61. The number of benzene rings is 1. The number of amides is 1. The van der Waals surface area contributed by atoms with Crippen molar-refractivity contribution in [3.8, 4) is 5.75 Å². The Kier molecular flexibility index (Phi) is 3.69. The van der Waals surface area contributed by atoms with Gasteiger partial charge in [-0.15, -0.1) is 0 Å². The number of anilines is 1. The van der Waals surface area contributed by atoms with Crippen LogP contribution in [0.1, 0.15) is 24.8 Å². The molecule has 1 aromatic rings. The zero-order chi connectivity index (χ0) is 13.1. The zero-order valence-corrected chi connectivity index (χ0v) is 11.1. The van der Waals surface area contributed by atoms with Crippen molar-refractivity contribution in [3.05, 3.63) is 23.8 Å². The molecule has 0 unspecified atom stereocenters. The molecule has 1 fully saturated rings. The summed E-state index contributed by atoms with van der Waals surface area (Å²) in [4.78, 5) is 12.0. The SMILES string of the molecule is O=C(CC1CCNCC1)Nc1ccc2c(c1)CCO2. The van der Waals surface area contributed by atoms with Gasteiger partial charge >= 0.3 is 0 Å². The Labute approximate surface area is 113 Å². The van der Waals surface area contributed by atoms with E-state index in [0.717, 1.165) is 50.4 Å². The third-order valence-electron chi connectivity index (χ3n) is 3.91. The molecule has 2 aliphatic rings. The molecule has 2 heterocycles. The minimum atomic E-state index is 0.130. The fraction of sp³-hybridized carbons (Fsp3) is 0.533. The van der Waals surface area contributed by atoms with Gasteiger partial charge in [0.1, 0.15) is 5.75 Å². The Hall–Kier alpha value is -1.55. The highest BCUT2D eigenvalue weighted by Crippen LogP contribution is 2.28. The molecule has 4 heteroatoms. The molecule has 1 amide bonds. The molecular formula is C15H20N2O2. The van der Waals surface area contributed by atoms with Crippen molar-refractivity contribution in [1.29, 1.82) is 0 Å². The smallest absolute Gasteiger partial charge is 0.224 e. The van der Waals surface area contributed by atoms with Crippen molar-refractivity contribution in [2.45, 2.75) is 25.7 Å². The van der Waals surface area contributed by atoms with Crippen molar-refractivity contribution in [2.75, 3.05) is 25.0 Å². The number of hydrogen-bond acceptors (Lipinski definition) is 3. The lowest BCUT2D eigenvalue weighted by atomic mass is 9.94. The van der Waals surface area contributed by atoms with Crippen LogP contribution in [0.5, 0.6) is 5.75 Å². The second-order valence-corrected chi connectivity index (χ2v) is 5.37. The fourth-order valence-corrected chi connectivity index (χ4v) is 2.82. The van der Waals surface area contributed by atoms with Crippen LogP contribution in [-0.4, -0.2) is 25.6 Å². The van der Waals surface area contributed by atoms with E-state index < -0.39 is 0 Å². The Morgan fingerprint density at radius 3 is 3.05 bits per heavy atom. The number of carbonyl (C=O) groups excluding carboxylic acids is 1. The standard InChI is InChI=1S/C15H20N2O2/c18-15(9-11-3-6-16-7-4-11)17-13-1-2-14-12(10-13)5-8-19-14/h1-2,10-11,16H,3-9H2,(H,17,18). The van der Waals surface area contributed by atoms with E-state index in [1.54, 1.807) is 0 Å². The van der Waals surface area contributed by atoms with E-state index >= 15 is 0 Å². The maximum absolute atomic E-state index is 12.0. The predicted octanol–water partition coefficient (Wildman–Crippen LogP) is 1.95. The molecule has 0 atom stereocenters. The summed E-state index contributed by atoms with van der Waals surface area (Å²) in [6, 6.07) is 5.90. The van der Waals surface area contributed by atoms with Crippen LogP contribution >= 0.6 is 0 Å². The normalized spacial score (nSPS) is 18.7. The third kappa shape index (κ3) is 3.07. The first kappa shape index (κ1) is 12.5.